The lowest BCUT2D eigenvalue weighted by molar-refractivity contribution is 0.414. The number of anilines is 2. The molecule has 0 radical (unpaired) electrons. The second-order valence-corrected chi connectivity index (χ2v) is 6.00. The van der Waals surface area contributed by atoms with Crippen molar-refractivity contribution in [3.05, 3.63) is 34.5 Å². The lowest BCUT2D eigenvalue weighted by Crippen LogP contribution is -2.17. The van der Waals surface area contributed by atoms with Gasteiger partial charge in [0.25, 0.3) is 0 Å². The highest BCUT2D eigenvalue weighted by molar-refractivity contribution is 5.79. The minimum atomic E-state index is -0.335. The SMILES string of the molecule is CC(C)(C)c1nc(O)nc(Nc2ccc3[nH]c(=O)[nH]c3c2)n1. The van der Waals surface area contributed by atoms with E-state index in [1.54, 1.807) is 18.2 Å². The van der Waals surface area contributed by atoms with Gasteiger partial charge in [0, 0.05) is 11.1 Å². The van der Waals surface area contributed by atoms with Gasteiger partial charge in [-0.25, -0.2) is 4.79 Å². The average molecular weight is 300 g/mol. The first-order valence-electron chi connectivity index (χ1n) is 6.76. The third-order valence-corrected chi connectivity index (χ3v) is 3.07. The number of nitrogens with zero attached hydrogens (tertiary/aromatic N) is 3. The molecule has 0 aliphatic rings. The summed E-state index contributed by atoms with van der Waals surface area (Å²) < 4.78 is 0. The molecule has 0 fully saturated rings. The van der Waals surface area contributed by atoms with Crippen LogP contribution in [0.2, 0.25) is 0 Å². The van der Waals surface area contributed by atoms with E-state index in [1.807, 2.05) is 20.8 Å². The average Bonchev–Trinajstić information content (AvgIpc) is 2.76. The van der Waals surface area contributed by atoms with Crippen molar-refractivity contribution < 1.29 is 5.11 Å². The van der Waals surface area contributed by atoms with Crippen LogP contribution in [-0.2, 0) is 5.41 Å². The quantitative estimate of drug-likeness (QED) is 0.572. The van der Waals surface area contributed by atoms with Gasteiger partial charge in [-0.3, -0.25) is 0 Å². The van der Waals surface area contributed by atoms with Crippen molar-refractivity contribution in [2.24, 2.45) is 0 Å². The van der Waals surface area contributed by atoms with Crippen LogP contribution in [0, 0.1) is 0 Å². The molecule has 3 aromatic rings. The fourth-order valence-corrected chi connectivity index (χ4v) is 2.00. The third-order valence-electron chi connectivity index (χ3n) is 3.07. The van der Waals surface area contributed by atoms with E-state index >= 15 is 0 Å². The zero-order valence-corrected chi connectivity index (χ0v) is 12.4. The van der Waals surface area contributed by atoms with E-state index in [9.17, 15) is 9.90 Å². The fraction of sp³-hybridized carbons (Fsp3) is 0.286. The maximum absolute atomic E-state index is 11.3. The molecule has 0 unspecified atom stereocenters. The van der Waals surface area contributed by atoms with Crippen LogP contribution in [0.25, 0.3) is 11.0 Å². The summed E-state index contributed by atoms with van der Waals surface area (Å²) in [5.41, 5.74) is 1.49. The topological polar surface area (TPSA) is 120 Å². The van der Waals surface area contributed by atoms with E-state index in [1.165, 1.54) is 0 Å². The Bertz CT molecular complexity index is 890. The minimum absolute atomic E-state index is 0.245. The Morgan fingerprint density at radius 1 is 1.09 bits per heavy atom. The molecule has 0 amide bonds. The van der Waals surface area contributed by atoms with Crippen LogP contribution in [0.3, 0.4) is 0 Å². The van der Waals surface area contributed by atoms with Crippen molar-refractivity contribution in [2.75, 3.05) is 5.32 Å². The molecule has 114 valence electrons. The minimum Gasteiger partial charge on any atom is -0.479 e. The number of imidazole rings is 1. The number of hydrogen-bond donors (Lipinski definition) is 4. The number of benzene rings is 1. The van der Waals surface area contributed by atoms with Gasteiger partial charge in [-0.05, 0) is 18.2 Å². The largest absolute Gasteiger partial charge is 0.479 e. The van der Waals surface area contributed by atoms with E-state index in [2.05, 4.69) is 30.2 Å². The molecule has 1 aromatic carbocycles. The molecule has 8 nitrogen and oxygen atoms in total. The first-order valence-corrected chi connectivity index (χ1v) is 6.76. The van der Waals surface area contributed by atoms with E-state index in [0.29, 0.717) is 22.5 Å². The zero-order chi connectivity index (χ0) is 15.9. The van der Waals surface area contributed by atoms with Crippen LogP contribution < -0.4 is 11.0 Å². The molecule has 4 N–H and O–H groups in total. The zero-order valence-electron chi connectivity index (χ0n) is 12.4. The van der Waals surface area contributed by atoms with Gasteiger partial charge in [0.1, 0.15) is 5.82 Å². The summed E-state index contributed by atoms with van der Waals surface area (Å²) in [6.45, 7) is 5.84. The number of hydrogen-bond acceptors (Lipinski definition) is 6. The molecular formula is C14H16N6O2. The fourth-order valence-electron chi connectivity index (χ4n) is 2.00. The molecule has 0 saturated heterocycles. The predicted octanol–water partition coefficient (Wildman–Crippen LogP) is 1.79. The normalized spacial score (nSPS) is 11.8. The number of nitrogens with one attached hydrogen (secondary N) is 3. The lowest BCUT2D eigenvalue weighted by Gasteiger charge is -2.17. The van der Waals surface area contributed by atoms with Gasteiger partial charge in [0.15, 0.2) is 0 Å². The summed E-state index contributed by atoms with van der Waals surface area (Å²) in [5, 5.41) is 12.7. The molecule has 3 rings (SSSR count). The number of aromatic nitrogens is 5. The number of H-pyrrole nitrogens is 2. The van der Waals surface area contributed by atoms with Gasteiger partial charge in [-0.1, -0.05) is 20.8 Å². The molecule has 0 spiro atoms. The molecule has 22 heavy (non-hydrogen) atoms. The molecule has 2 aromatic heterocycles. The second-order valence-electron chi connectivity index (χ2n) is 6.00. The Morgan fingerprint density at radius 2 is 1.82 bits per heavy atom. The number of fused-ring (bicyclic) bond motifs is 1. The van der Waals surface area contributed by atoms with Crippen LogP contribution in [-0.4, -0.2) is 30.0 Å². The van der Waals surface area contributed by atoms with Crippen LogP contribution in [0.4, 0.5) is 11.6 Å². The Morgan fingerprint density at radius 3 is 2.55 bits per heavy atom. The van der Waals surface area contributed by atoms with Gasteiger partial charge in [-0.2, -0.15) is 15.0 Å². The van der Waals surface area contributed by atoms with Crippen LogP contribution >= 0.6 is 0 Å². The summed E-state index contributed by atoms with van der Waals surface area (Å²) in [5.74, 6) is 0.730. The van der Waals surface area contributed by atoms with E-state index < -0.39 is 0 Å². The summed E-state index contributed by atoms with van der Waals surface area (Å²) in [6, 6.07) is 4.97. The van der Waals surface area contributed by atoms with Crippen molar-refractivity contribution in [2.45, 2.75) is 26.2 Å². The van der Waals surface area contributed by atoms with Crippen LogP contribution in [0.15, 0.2) is 23.0 Å². The van der Waals surface area contributed by atoms with Gasteiger partial charge < -0.3 is 20.4 Å². The smallest absolute Gasteiger partial charge is 0.323 e. The van der Waals surface area contributed by atoms with Crippen molar-refractivity contribution in [1.82, 2.24) is 24.9 Å². The Kier molecular flexibility index (Phi) is 3.09. The van der Waals surface area contributed by atoms with E-state index in [0.717, 1.165) is 0 Å². The Labute approximate surface area is 125 Å². The highest BCUT2D eigenvalue weighted by atomic mass is 16.3. The Hall–Kier alpha value is -2.90. The van der Waals surface area contributed by atoms with Crippen LogP contribution in [0.1, 0.15) is 26.6 Å². The molecule has 0 aliphatic heterocycles. The number of aromatic hydroxyl groups is 1. The third kappa shape index (κ3) is 2.76. The van der Waals surface area contributed by atoms with Crippen molar-refractivity contribution in [3.8, 4) is 6.01 Å². The van der Waals surface area contributed by atoms with Gasteiger partial charge in [0.2, 0.25) is 5.95 Å². The predicted molar refractivity (Wildman–Crippen MR) is 82.4 cm³/mol. The van der Waals surface area contributed by atoms with Gasteiger partial charge >= 0.3 is 11.7 Å². The van der Waals surface area contributed by atoms with Gasteiger partial charge in [0.05, 0.1) is 11.0 Å². The summed E-state index contributed by atoms with van der Waals surface area (Å²) in [6.07, 6.45) is 0. The van der Waals surface area contributed by atoms with E-state index in [-0.39, 0.29) is 23.1 Å². The summed E-state index contributed by atoms with van der Waals surface area (Å²) >= 11 is 0. The monoisotopic (exact) mass is 300 g/mol. The standard InChI is InChI=1S/C14H16N6O2/c1-14(2,3)10-18-11(20-13(22)19-10)15-7-4-5-8-9(6-7)17-12(21)16-8/h4-6H,1-3H3,(H2,16,17,21)(H2,15,18,19,20,22). The molecular weight excluding hydrogens is 284 g/mol. The Balaban J connectivity index is 1.97. The van der Waals surface area contributed by atoms with Crippen LogP contribution in [0.5, 0.6) is 6.01 Å². The van der Waals surface area contributed by atoms with E-state index in [4.69, 9.17) is 0 Å². The summed E-state index contributed by atoms with van der Waals surface area (Å²) in [4.78, 5) is 28.7. The second kappa shape index (κ2) is 4.83. The first kappa shape index (κ1) is 14.1. The molecule has 0 aliphatic carbocycles. The highest BCUT2D eigenvalue weighted by Gasteiger charge is 2.20. The lowest BCUT2D eigenvalue weighted by atomic mass is 9.96. The first-order chi connectivity index (χ1) is 10.3. The molecule has 0 atom stereocenters. The molecule has 0 saturated carbocycles. The highest BCUT2D eigenvalue weighted by Crippen LogP contribution is 2.23. The maximum atomic E-state index is 11.3. The molecule has 2 heterocycles. The van der Waals surface area contributed by atoms with Crippen molar-refractivity contribution in [1.29, 1.82) is 0 Å². The molecule has 8 heteroatoms. The van der Waals surface area contributed by atoms with Crippen molar-refractivity contribution in [3.63, 3.8) is 0 Å². The molecule has 0 bridgehead atoms. The van der Waals surface area contributed by atoms with Gasteiger partial charge in [-0.15, -0.1) is 0 Å². The number of rotatable bonds is 2. The number of aromatic amines is 2. The maximum Gasteiger partial charge on any atom is 0.323 e. The van der Waals surface area contributed by atoms with Crippen molar-refractivity contribution >= 4 is 22.7 Å². The summed E-state index contributed by atoms with van der Waals surface area (Å²) in [7, 11) is 0.